The first-order chi connectivity index (χ1) is 24.5. The normalized spacial score (nSPS) is 17.2. The quantitative estimate of drug-likeness (QED) is 0.162. The summed E-state index contributed by atoms with van der Waals surface area (Å²) >= 11 is 0. The lowest BCUT2D eigenvalue weighted by molar-refractivity contribution is -0.143. The molecule has 4 aromatic carbocycles. The van der Waals surface area contributed by atoms with Gasteiger partial charge in [0, 0.05) is 25.6 Å². The maximum absolute atomic E-state index is 13.8. The number of hydrogen-bond acceptors (Lipinski definition) is 5. The molecule has 0 saturated heterocycles. The third-order valence-electron chi connectivity index (χ3n) is 9.06. The van der Waals surface area contributed by atoms with E-state index in [2.05, 4.69) is 5.32 Å². The Morgan fingerprint density at radius 3 is 2.25 bits per heavy atom. The number of anilines is 1. The highest BCUT2D eigenvalue weighted by molar-refractivity contribution is 6.02. The lowest BCUT2D eigenvalue weighted by Crippen LogP contribution is -2.49. The van der Waals surface area contributed by atoms with E-state index in [1.165, 1.54) is 23.1 Å². The largest absolute Gasteiger partial charge is 0.486 e. The molecule has 2 N–H and O–H groups in total. The molecule has 0 unspecified atom stereocenters. The number of carbonyl (C=O) groups is 2. The van der Waals surface area contributed by atoms with Gasteiger partial charge in [-0.05, 0) is 60.5 Å². The Bertz CT molecular complexity index is 1870. The number of halogens is 6. The Morgan fingerprint density at radius 1 is 0.942 bits per heavy atom. The minimum absolute atomic E-state index is 0.00313. The van der Waals surface area contributed by atoms with Gasteiger partial charge in [0.05, 0.1) is 41.4 Å². The van der Waals surface area contributed by atoms with E-state index in [0.717, 1.165) is 16.7 Å². The van der Waals surface area contributed by atoms with Crippen molar-refractivity contribution in [1.82, 2.24) is 9.80 Å². The van der Waals surface area contributed by atoms with Gasteiger partial charge in [-0.2, -0.15) is 26.3 Å². The first-order valence-corrected chi connectivity index (χ1v) is 16.7. The Balaban J connectivity index is 1.41. The number of carbonyl (C=O) groups excluding carboxylic acids is 2. The van der Waals surface area contributed by atoms with E-state index in [4.69, 9.17) is 4.74 Å². The van der Waals surface area contributed by atoms with Crippen molar-refractivity contribution in [2.24, 2.45) is 5.92 Å². The summed E-state index contributed by atoms with van der Waals surface area (Å²) in [5.41, 5.74) is -0.430. The van der Waals surface area contributed by atoms with Crippen LogP contribution >= 0.6 is 0 Å². The summed E-state index contributed by atoms with van der Waals surface area (Å²) in [6, 6.07) is 23.1. The molecule has 2 amide bonds. The maximum Gasteiger partial charge on any atom is 0.416 e. The molecule has 0 spiro atoms. The third-order valence-corrected chi connectivity index (χ3v) is 9.06. The molecule has 0 bridgehead atoms. The van der Waals surface area contributed by atoms with Crippen LogP contribution in [0.4, 0.5) is 32.0 Å². The van der Waals surface area contributed by atoms with Gasteiger partial charge in [-0.3, -0.25) is 14.5 Å². The number of benzene rings is 4. The van der Waals surface area contributed by atoms with Crippen LogP contribution in [0, 0.1) is 5.92 Å². The van der Waals surface area contributed by atoms with E-state index in [1.807, 2.05) is 73.5 Å². The minimum Gasteiger partial charge on any atom is -0.486 e. The number of aliphatic hydroxyl groups excluding tert-OH is 1. The second-order valence-corrected chi connectivity index (χ2v) is 13.2. The van der Waals surface area contributed by atoms with E-state index < -0.39 is 59.4 Å². The molecule has 1 aliphatic heterocycles. The molecule has 0 radical (unpaired) electrons. The highest BCUT2D eigenvalue weighted by Crippen LogP contribution is 2.39. The molecule has 1 heterocycles. The van der Waals surface area contributed by atoms with Gasteiger partial charge >= 0.3 is 12.4 Å². The van der Waals surface area contributed by atoms with E-state index in [9.17, 15) is 41.0 Å². The number of likely N-dealkylation sites (N-methyl/N-ethyl adjacent to an activating group) is 1. The second kappa shape index (κ2) is 15.8. The fourth-order valence-electron chi connectivity index (χ4n) is 6.21. The number of hydrogen-bond donors (Lipinski definition) is 2. The van der Waals surface area contributed by atoms with Crippen LogP contribution in [-0.2, 0) is 30.1 Å². The first-order valence-electron chi connectivity index (χ1n) is 16.7. The molecular formula is C39H39F6N3O4. The topological polar surface area (TPSA) is 82.1 Å². The molecule has 0 fully saturated rings. The summed E-state index contributed by atoms with van der Waals surface area (Å²) in [4.78, 5) is 30.6. The van der Waals surface area contributed by atoms with Crippen LogP contribution in [0.25, 0.3) is 11.1 Å². The fraction of sp³-hybridized carbons (Fsp3) is 0.333. The van der Waals surface area contributed by atoms with Crippen LogP contribution < -0.4 is 10.1 Å². The molecule has 0 saturated carbocycles. The first kappa shape index (κ1) is 38.4. The van der Waals surface area contributed by atoms with Crippen LogP contribution in [0.1, 0.15) is 46.5 Å². The second-order valence-electron chi connectivity index (χ2n) is 13.2. The van der Waals surface area contributed by atoms with Crippen molar-refractivity contribution in [3.8, 4) is 16.9 Å². The number of ether oxygens (including phenoxy) is 1. The van der Waals surface area contributed by atoms with Crippen LogP contribution in [0.15, 0.2) is 91.0 Å². The standard InChI is InChI=1S/C39H39F6N3O4/c1-24-20-48(25(2)23-49)37(51)31-10-7-11-33(46-35(50)18-29-16-17-30(38(40,41)42)19-32(29)39(43,44)45)36(31)52-34(24)22-47(3)21-26-12-14-28(15-13-26)27-8-5-4-6-9-27/h4-17,19,24-25,34,49H,18,20-23H2,1-3H3,(H,46,50)/t24-,25+,34-/m1/s1. The molecule has 5 rings (SSSR count). The maximum atomic E-state index is 13.8. The van der Waals surface area contributed by atoms with Gasteiger partial charge in [0.15, 0.2) is 5.75 Å². The van der Waals surface area contributed by atoms with Crippen molar-refractivity contribution < 1.29 is 45.8 Å². The van der Waals surface area contributed by atoms with Gasteiger partial charge < -0.3 is 20.1 Å². The number of para-hydroxylation sites is 1. The molecule has 276 valence electrons. The van der Waals surface area contributed by atoms with Gasteiger partial charge in [0.2, 0.25) is 5.91 Å². The molecule has 4 aromatic rings. The zero-order valence-corrected chi connectivity index (χ0v) is 28.8. The van der Waals surface area contributed by atoms with E-state index in [0.29, 0.717) is 25.2 Å². The summed E-state index contributed by atoms with van der Waals surface area (Å²) in [7, 11) is 1.91. The Hall–Kier alpha value is -4.88. The molecule has 52 heavy (non-hydrogen) atoms. The zero-order chi connectivity index (χ0) is 37.8. The average Bonchev–Trinajstić information content (AvgIpc) is 3.09. The Kier molecular flexibility index (Phi) is 11.6. The van der Waals surface area contributed by atoms with Crippen molar-refractivity contribution in [1.29, 1.82) is 0 Å². The lowest BCUT2D eigenvalue weighted by atomic mass is 9.98. The number of fused-ring (bicyclic) bond motifs is 1. The Labute approximate surface area is 297 Å². The van der Waals surface area contributed by atoms with Crippen molar-refractivity contribution in [2.75, 3.05) is 32.1 Å². The summed E-state index contributed by atoms with van der Waals surface area (Å²) in [6.45, 7) is 4.45. The average molecular weight is 728 g/mol. The SMILES string of the molecule is C[C@@H]1CN([C@@H](C)CO)C(=O)c2cccc(NC(=O)Cc3ccc(C(F)(F)F)cc3C(F)(F)F)c2O[C@@H]1CN(C)Cc1ccc(-c2ccccc2)cc1. The zero-order valence-electron chi connectivity index (χ0n) is 28.8. The molecule has 0 aliphatic carbocycles. The summed E-state index contributed by atoms with van der Waals surface area (Å²) < 4.78 is 87.5. The highest BCUT2D eigenvalue weighted by atomic mass is 19.4. The van der Waals surface area contributed by atoms with Crippen LogP contribution in [0.2, 0.25) is 0 Å². The van der Waals surface area contributed by atoms with Crippen LogP contribution in [0.3, 0.4) is 0 Å². The minimum atomic E-state index is -5.15. The number of rotatable bonds is 10. The van der Waals surface area contributed by atoms with Crippen molar-refractivity contribution in [2.45, 2.75) is 51.3 Å². The molecule has 3 atom stereocenters. The van der Waals surface area contributed by atoms with Gasteiger partial charge in [0.1, 0.15) is 6.10 Å². The van der Waals surface area contributed by atoms with E-state index in [1.54, 1.807) is 6.92 Å². The summed E-state index contributed by atoms with van der Waals surface area (Å²) in [5, 5.41) is 12.5. The predicted molar refractivity (Wildman–Crippen MR) is 185 cm³/mol. The van der Waals surface area contributed by atoms with E-state index in [-0.39, 0.29) is 42.1 Å². The van der Waals surface area contributed by atoms with Crippen LogP contribution in [-0.4, -0.2) is 65.6 Å². The summed E-state index contributed by atoms with van der Waals surface area (Å²) in [6.07, 6.45) is -11.6. The fourth-order valence-corrected chi connectivity index (χ4v) is 6.21. The molecule has 13 heteroatoms. The van der Waals surface area contributed by atoms with Gasteiger partial charge in [0.25, 0.3) is 5.91 Å². The molecular weight excluding hydrogens is 688 g/mol. The molecule has 7 nitrogen and oxygen atoms in total. The van der Waals surface area contributed by atoms with E-state index >= 15 is 0 Å². The molecule has 0 aromatic heterocycles. The van der Waals surface area contributed by atoms with Gasteiger partial charge in [-0.1, -0.05) is 73.7 Å². The highest BCUT2D eigenvalue weighted by Gasteiger charge is 2.39. The van der Waals surface area contributed by atoms with Crippen LogP contribution in [0.5, 0.6) is 5.75 Å². The van der Waals surface area contributed by atoms with Crippen molar-refractivity contribution in [3.05, 3.63) is 119 Å². The number of nitrogens with one attached hydrogen (secondary N) is 1. The summed E-state index contributed by atoms with van der Waals surface area (Å²) in [5.74, 6) is -1.72. The number of aliphatic hydroxyl groups is 1. The Morgan fingerprint density at radius 2 is 1.62 bits per heavy atom. The van der Waals surface area contributed by atoms with Crippen molar-refractivity contribution in [3.63, 3.8) is 0 Å². The number of alkyl halides is 6. The third kappa shape index (κ3) is 9.12. The molecule has 1 aliphatic rings. The number of nitrogens with zero attached hydrogens (tertiary/aromatic N) is 2. The predicted octanol–water partition coefficient (Wildman–Crippen LogP) is 7.92. The number of amides is 2. The smallest absolute Gasteiger partial charge is 0.416 e. The van der Waals surface area contributed by atoms with Gasteiger partial charge in [-0.15, -0.1) is 0 Å². The lowest BCUT2D eigenvalue weighted by Gasteiger charge is -2.38. The van der Waals surface area contributed by atoms with Crippen molar-refractivity contribution >= 4 is 17.5 Å². The van der Waals surface area contributed by atoms with Gasteiger partial charge in [-0.25, -0.2) is 0 Å². The monoisotopic (exact) mass is 727 g/mol.